The molecule has 7 nitrogen and oxygen atoms in total. The Morgan fingerprint density at radius 1 is 0.897 bits per heavy atom. The first kappa shape index (κ1) is 21.8. The standard InChI is InChI=1S/C20H21F2N3O4/c1-12(2)18(23-19(27)13-3-5-14(21)6-4-13)20(28)25-24-17(26)11-29-16-9-7-15(22)8-10-16/h3-10,12,18H,11H2,1-2H3,(H,23,27)(H,24,26)(H,25,28). The summed E-state index contributed by atoms with van der Waals surface area (Å²) in [6.45, 7) is 3.03. The molecule has 0 aromatic heterocycles. The van der Waals surface area contributed by atoms with Gasteiger partial charge in [-0.1, -0.05) is 13.8 Å². The Kier molecular flexibility index (Phi) is 7.64. The van der Waals surface area contributed by atoms with E-state index in [1.54, 1.807) is 13.8 Å². The number of rotatable bonds is 7. The molecular weight excluding hydrogens is 384 g/mol. The van der Waals surface area contributed by atoms with E-state index in [2.05, 4.69) is 16.2 Å². The molecule has 2 rings (SSSR count). The topological polar surface area (TPSA) is 96.5 Å². The van der Waals surface area contributed by atoms with Gasteiger partial charge in [0.15, 0.2) is 6.61 Å². The maximum atomic E-state index is 13.0. The second kappa shape index (κ2) is 10.2. The van der Waals surface area contributed by atoms with Gasteiger partial charge in [0.05, 0.1) is 0 Å². The molecule has 2 aromatic carbocycles. The van der Waals surface area contributed by atoms with E-state index in [-0.39, 0.29) is 11.5 Å². The summed E-state index contributed by atoms with van der Waals surface area (Å²) >= 11 is 0. The van der Waals surface area contributed by atoms with Crippen LogP contribution in [0.1, 0.15) is 24.2 Å². The average Bonchev–Trinajstić information content (AvgIpc) is 2.69. The number of hydrazine groups is 1. The molecule has 154 valence electrons. The zero-order valence-corrected chi connectivity index (χ0v) is 15.9. The minimum atomic E-state index is -0.939. The third-order valence-electron chi connectivity index (χ3n) is 3.85. The summed E-state index contributed by atoms with van der Waals surface area (Å²) < 4.78 is 31.0. The number of carbonyl (C=O) groups excluding carboxylic acids is 3. The van der Waals surface area contributed by atoms with E-state index < -0.39 is 42.0 Å². The van der Waals surface area contributed by atoms with Crippen LogP contribution in [0.3, 0.4) is 0 Å². The molecule has 0 bridgehead atoms. The molecule has 29 heavy (non-hydrogen) atoms. The van der Waals surface area contributed by atoms with Crippen LogP contribution in [0.2, 0.25) is 0 Å². The first-order chi connectivity index (χ1) is 13.8. The van der Waals surface area contributed by atoms with Crippen LogP contribution in [0.15, 0.2) is 48.5 Å². The van der Waals surface area contributed by atoms with Gasteiger partial charge in [-0.25, -0.2) is 8.78 Å². The van der Waals surface area contributed by atoms with Gasteiger partial charge in [-0.3, -0.25) is 25.2 Å². The third kappa shape index (κ3) is 6.87. The van der Waals surface area contributed by atoms with Crippen LogP contribution in [-0.4, -0.2) is 30.4 Å². The number of benzene rings is 2. The fraction of sp³-hybridized carbons (Fsp3) is 0.250. The number of hydrogen-bond donors (Lipinski definition) is 3. The monoisotopic (exact) mass is 405 g/mol. The lowest BCUT2D eigenvalue weighted by atomic mass is 10.0. The zero-order chi connectivity index (χ0) is 21.4. The summed E-state index contributed by atoms with van der Waals surface area (Å²) in [4.78, 5) is 36.4. The van der Waals surface area contributed by atoms with Crippen molar-refractivity contribution in [3.63, 3.8) is 0 Å². The lowest BCUT2D eigenvalue weighted by Crippen LogP contribution is -2.55. The molecule has 0 radical (unpaired) electrons. The summed E-state index contributed by atoms with van der Waals surface area (Å²) in [5, 5.41) is 2.55. The van der Waals surface area contributed by atoms with Crippen LogP contribution in [0.25, 0.3) is 0 Å². The van der Waals surface area contributed by atoms with E-state index in [0.29, 0.717) is 5.75 Å². The maximum Gasteiger partial charge on any atom is 0.276 e. The van der Waals surface area contributed by atoms with Gasteiger partial charge in [0.1, 0.15) is 23.4 Å². The summed E-state index contributed by atoms with van der Waals surface area (Å²) in [7, 11) is 0. The minimum Gasteiger partial charge on any atom is -0.484 e. The lowest BCUT2D eigenvalue weighted by molar-refractivity contribution is -0.131. The molecule has 0 spiro atoms. The van der Waals surface area contributed by atoms with Crippen molar-refractivity contribution >= 4 is 17.7 Å². The normalized spacial score (nSPS) is 11.5. The van der Waals surface area contributed by atoms with Gasteiger partial charge < -0.3 is 10.1 Å². The molecule has 0 heterocycles. The van der Waals surface area contributed by atoms with Crippen molar-refractivity contribution in [1.29, 1.82) is 0 Å². The van der Waals surface area contributed by atoms with Crippen LogP contribution in [-0.2, 0) is 9.59 Å². The quantitative estimate of drug-likeness (QED) is 0.614. The van der Waals surface area contributed by atoms with E-state index >= 15 is 0 Å². The van der Waals surface area contributed by atoms with E-state index in [9.17, 15) is 23.2 Å². The molecule has 3 N–H and O–H groups in total. The number of nitrogens with one attached hydrogen (secondary N) is 3. The first-order valence-corrected chi connectivity index (χ1v) is 8.79. The highest BCUT2D eigenvalue weighted by molar-refractivity contribution is 5.97. The largest absolute Gasteiger partial charge is 0.484 e. The highest BCUT2D eigenvalue weighted by atomic mass is 19.1. The fourth-order valence-corrected chi connectivity index (χ4v) is 2.29. The van der Waals surface area contributed by atoms with Gasteiger partial charge in [-0.05, 0) is 54.4 Å². The highest BCUT2D eigenvalue weighted by Gasteiger charge is 2.25. The molecule has 0 fully saturated rings. The Bertz CT molecular complexity index is 855. The molecule has 0 saturated heterocycles. The summed E-state index contributed by atoms with van der Waals surface area (Å²) in [5.41, 5.74) is 4.60. The van der Waals surface area contributed by atoms with Crippen LogP contribution in [0, 0.1) is 17.6 Å². The van der Waals surface area contributed by atoms with Crippen molar-refractivity contribution in [2.75, 3.05) is 6.61 Å². The molecule has 3 amide bonds. The molecule has 1 atom stereocenters. The number of amides is 3. The van der Waals surface area contributed by atoms with E-state index in [1.165, 1.54) is 36.4 Å². The Labute approximate surface area is 166 Å². The zero-order valence-electron chi connectivity index (χ0n) is 15.9. The minimum absolute atomic E-state index is 0.196. The predicted molar refractivity (Wildman–Crippen MR) is 101 cm³/mol. The maximum absolute atomic E-state index is 13.0. The second-order valence-corrected chi connectivity index (χ2v) is 6.48. The fourth-order valence-electron chi connectivity index (χ4n) is 2.29. The Morgan fingerprint density at radius 3 is 2.00 bits per heavy atom. The predicted octanol–water partition coefficient (Wildman–Crippen LogP) is 1.95. The third-order valence-corrected chi connectivity index (χ3v) is 3.85. The van der Waals surface area contributed by atoms with Gasteiger partial charge in [0, 0.05) is 5.56 Å². The van der Waals surface area contributed by atoms with Crippen LogP contribution in [0.5, 0.6) is 5.75 Å². The molecule has 2 aromatic rings. The smallest absolute Gasteiger partial charge is 0.276 e. The molecule has 1 unspecified atom stereocenters. The van der Waals surface area contributed by atoms with E-state index in [1.807, 2.05) is 0 Å². The summed E-state index contributed by atoms with van der Waals surface area (Å²) in [6, 6.07) is 9.04. The number of carbonyl (C=O) groups is 3. The second-order valence-electron chi connectivity index (χ2n) is 6.48. The highest BCUT2D eigenvalue weighted by Crippen LogP contribution is 2.10. The number of halogens is 2. The van der Waals surface area contributed by atoms with Crippen molar-refractivity contribution in [3.05, 3.63) is 65.7 Å². The lowest BCUT2D eigenvalue weighted by Gasteiger charge is -2.22. The van der Waals surface area contributed by atoms with Gasteiger partial charge >= 0.3 is 0 Å². The van der Waals surface area contributed by atoms with Gasteiger partial charge in [0.25, 0.3) is 17.7 Å². The molecule has 0 aliphatic carbocycles. The van der Waals surface area contributed by atoms with Gasteiger partial charge in [0.2, 0.25) is 0 Å². The molecular formula is C20H21F2N3O4. The molecule has 9 heteroatoms. The molecule has 0 aliphatic heterocycles. The van der Waals surface area contributed by atoms with Crippen LogP contribution < -0.4 is 20.9 Å². The number of ether oxygens (including phenoxy) is 1. The van der Waals surface area contributed by atoms with Crippen LogP contribution >= 0.6 is 0 Å². The van der Waals surface area contributed by atoms with Crippen molar-refractivity contribution in [2.24, 2.45) is 5.92 Å². The Hall–Kier alpha value is -3.49. The van der Waals surface area contributed by atoms with E-state index in [0.717, 1.165) is 12.1 Å². The first-order valence-electron chi connectivity index (χ1n) is 8.79. The molecule has 0 aliphatic rings. The molecule has 0 saturated carbocycles. The average molecular weight is 405 g/mol. The van der Waals surface area contributed by atoms with Gasteiger partial charge in [-0.2, -0.15) is 0 Å². The van der Waals surface area contributed by atoms with Crippen molar-refractivity contribution in [1.82, 2.24) is 16.2 Å². The summed E-state index contributed by atoms with van der Waals surface area (Å²) in [6.07, 6.45) is 0. The SMILES string of the molecule is CC(C)C(NC(=O)c1ccc(F)cc1)C(=O)NNC(=O)COc1ccc(F)cc1. The van der Waals surface area contributed by atoms with Crippen molar-refractivity contribution in [3.8, 4) is 5.75 Å². The Morgan fingerprint density at radius 2 is 1.45 bits per heavy atom. The van der Waals surface area contributed by atoms with Crippen molar-refractivity contribution in [2.45, 2.75) is 19.9 Å². The number of hydrogen-bond acceptors (Lipinski definition) is 4. The van der Waals surface area contributed by atoms with E-state index in [4.69, 9.17) is 4.74 Å². The van der Waals surface area contributed by atoms with Crippen molar-refractivity contribution < 1.29 is 27.9 Å². The van der Waals surface area contributed by atoms with Crippen LogP contribution in [0.4, 0.5) is 8.78 Å². The van der Waals surface area contributed by atoms with Gasteiger partial charge in [-0.15, -0.1) is 0 Å². The summed E-state index contributed by atoms with van der Waals surface area (Å²) in [5.74, 6) is -2.74. The Balaban J connectivity index is 1.85.